The molecule has 172 valence electrons. The Hall–Kier alpha value is -2.60. The van der Waals surface area contributed by atoms with Gasteiger partial charge in [-0.2, -0.15) is 0 Å². The zero-order valence-corrected chi connectivity index (χ0v) is 19.2. The average Bonchev–Trinajstić information content (AvgIpc) is 2.85. The topological polar surface area (TPSA) is 57.7 Å². The molecule has 4 rings (SSSR count). The van der Waals surface area contributed by atoms with E-state index in [0.717, 1.165) is 63.4 Å². The van der Waals surface area contributed by atoms with Crippen molar-refractivity contribution >= 4 is 11.6 Å². The molecule has 1 aliphatic heterocycles. The van der Waals surface area contributed by atoms with Crippen LogP contribution < -0.4 is 15.0 Å². The van der Waals surface area contributed by atoms with Crippen molar-refractivity contribution in [1.82, 2.24) is 15.2 Å². The fourth-order valence-electron chi connectivity index (χ4n) is 5.02. The Morgan fingerprint density at radius 3 is 2.59 bits per heavy atom. The highest BCUT2D eigenvalue weighted by Crippen LogP contribution is 2.28. The fraction of sp³-hybridized carbons (Fsp3) is 0.538. The number of aromatic nitrogens is 1. The highest BCUT2D eigenvalue weighted by atomic mass is 16.5. The normalized spacial score (nSPS) is 18.8. The van der Waals surface area contributed by atoms with E-state index in [1.54, 1.807) is 13.3 Å². The van der Waals surface area contributed by atoms with Crippen molar-refractivity contribution in [3.8, 4) is 5.75 Å². The number of hydrogen-bond acceptors (Lipinski definition) is 5. The molecule has 1 saturated heterocycles. The summed E-state index contributed by atoms with van der Waals surface area (Å²) in [6.45, 7) is 4.72. The van der Waals surface area contributed by atoms with E-state index in [2.05, 4.69) is 38.3 Å². The summed E-state index contributed by atoms with van der Waals surface area (Å²) in [5.74, 6) is 1.35. The summed E-state index contributed by atoms with van der Waals surface area (Å²) in [4.78, 5) is 22.1. The number of methoxy groups -OCH3 is 1. The van der Waals surface area contributed by atoms with Gasteiger partial charge >= 0.3 is 0 Å². The molecular formula is C26H36N4O2. The van der Waals surface area contributed by atoms with E-state index in [9.17, 15) is 4.79 Å². The zero-order chi connectivity index (χ0) is 22.2. The number of amides is 1. The number of benzene rings is 1. The van der Waals surface area contributed by atoms with Gasteiger partial charge in [-0.15, -0.1) is 0 Å². The van der Waals surface area contributed by atoms with Crippen LogP contribution in [-0.2, 0) is 11.2 Å². The largest absolute Gasteiger partial charge is 0.495 e. The lowest BCUT2D eigenvalue weighted by molar-refractivity contribution is -0.126. The summed E-state index contributed by atoms with van der Waals surface area (Å²) in [6, 6.07) is 12.4. The molecule has 1 N–H and O–H groups in total. The third kappa shape index (κ3) is 6.00. The fourth-order valence-corrected chi connectivity index (χ4v) is 5.02. The van der Waals surface area contributed by atoms with Crippen molar-refractivity contribution in [3.63, 3.8) is 0 Å². The Morgan fingerprint density at radius 2 is 1.88 bits per heavy atom. The highest BCUT2D eigenvalue weighted by Gasteiger charge is 2.26. The van der Waals surface area contributed by atoms with Gasteiger partial charge in [0, 0.05) is 57.1 Å². The van der Waals surface area contributed by atoms with Crippen molar-refractivity contribution < 1.29 is 9.53 Å². The summed E-state index contributed by atoms with van der Waals surface area (Å²) in [6.07, 6.45) is 10.2. The standard InChI is InChI=1S/C26H36N4O2/c1-32-25-12-6-5-11-24(25)30-16-14-29(15-17-30)20-23(18-21-8-7-13-27-19-21)28-26(31)22-9-3-2-4-10-22/h5-8,11-13,19,22-23H,2-4,9-10,14-18,20H2,1H3,(H,28,31)/t23-/m1/s1. The quantitative estimate of drug-likeness (QED) is 0.686. The van der Waals surface area contributed by atoms with Crippen LogP contribution in [0.15, 0.2) is 48.8 Å². The van der Waals surface area contributed by atoms with Crippen molar-refractivity contribution in [1.29, 1.82) is 0 Å². The van der Waals surface area contributed by atoms with Crippen LogP contribution in [0.5, 0.6) is 5.75 Å². The van der Waals surface area contributed by atoms with Crippen LogP contribution in [0.3, 0.4) is 0 Å². The van der Waals surface area contributed by atoms with Crippen LogP contribution in [0.1, 0.15) is 37.7 Å². The second-order valence-corrected chi connectivity index (χ2v) is 9.07. The monoisotopic (exact) mass is 436 g/mol. The predicted molar refractivity (Wildman–Crippen MR) is 128 cm³/mol. The van der Waals surface area contributed by atoms with E-state index in [-0.39, 0.29) is 17.9 Å². The molecule has 2 heterocycles. The number of carbonyl (C=O) groups excluding carboxylic acids is 1. The number of para-hydroxylation sites is 2. The Labute approximate surface area is 192 Å². The van der Waals surface area contributed by atoms with Gasteiger partial charge in [-0.1, -0.05) is 37.5 Å². The molecule has 1 saturated carbocycles. The lowest BCUT2D eigenvalue weighted by Crippen LogP contribution is -2.53. The van der Waals surface area contributed by atoms with E-state index in [4.69, 9.17) is 4.74 Å². The second kappa shape index (κ2) is 11.3. The number of carbonyl (C=O) groups is 1. The molecular weight excluding hydrogens is 400 g/mol. The maximum atomic E-state index is 13.0. The van der Waals surface area contributed by atoms with Gasteiger partial charge in [0.2, 0.25) is 5.91 Å². The van der Waals surface area contributed by atoms with Crippen LogP contribution in [0, 0.1) is 5.92 Å². The Balaban J connectivity index is 1.36. The van der Waals surface area contributed by atoms with Crippen LogP contribution in [0.4, 0.5) is 5.69 Å². The number of ether oxygens (including phenoxy) is 1. The first-order valence-electron chi connectivity index (χ1n) is 12.0. The molecule has 6 nitrogen and oxygen atoms in total. The minimum atomic E-state index is 0.103. The maximum Gasteiger partial charge on any atom is 0.223 e. The molecule has 1 amide bonds. The van der Waals surface area contributed by atoms with Crippen LogP contribution in [0.2, 0.25) is 0 Å². The van der Waals surface area contributed by atoms with Gasteiger partial charge in [0.15, 0.2) is 0 Å². The van der Waals surface area contributed by atoms with Crippen molar-refractivity contribution in [2.45, 2.75) is 44.6 Å². The third-order valence-corrected chi connectivity index (χ3v) is 6.80. The van der Waals surface area contributed by atoms with Gasteiger partial charge in [-0.05, 0) is 43.0 Å². The molecule has 2 aromatic rings. The summed E-state index contributed by atoms with van der Waals surface area (Å²) in [5, 5.41) is 3.40. The number of nitrogens with one attached hydrogen (secondary N) is 1. The van der Waals surface area contributed by atoms with Gasteiger partial charge < -0.3 is 15.0 Å². The summed E-state index contributed by atoms with van der Waals surface area (Å²) in [5.41, 5.74) is 2.33. The van der Waals surface area contributed by atoms with Gasteiger partial charge in [0.1, 0.15) is 5.75 Å². The molecule has 0 unspecified atom stereocenters. The number of rotatable bonds is 8. The van der Waals surface area contributed by atoms with E-state index >= 15 is 0 Å². The second-order valence-electron chi connectivity index (χ2n) is 9.07. The van der Waals surface area contributed by atoms with Crippen LogP contribution in [-0.4, -0.2) is 61.7 Å². The summed E-state index contributed by atoms with van der Waals surface area (Å²) >= 11 is 0. The number of anilines is 1. The number of hydrogen-bond donors (Lipinski definition) is 1. The molecule has 2 fully saturated rings. The lowest BCUT2D eigenvalue weighted by atomic mass is 9.88. The molecule has 1 atom stereocenters. The van der Waals surface area contributed by atoms with Gasteiger partial charge in [-0.25, -0.2) is 0 Å². The average molecular weight is 437 g/mol. The molecule has 0 spiro atoms. The SMILES string of the molecule is COc1ccccc1N1CCN(C[C@@H](Cc2cccnc2)NC(=O)C2CCCCC2)CC1. The molecule has 2 aliphatic rings. The number of pyridine rings is 1. The van der Waals surface area contributed by atoms with Crippen molar-refractivity contribution in [2.75, 3.05) is 44.7 Å². The summed E-state index contributed by atoms with van der Waals surface area (Å²) < 4.78 is 5.55. The first kappa shape index (κ1) is 22.6. The first-order valence-corrected chi connectivity index (χ1v) is 12.0. The predicted octanol–water partition coefficient (Wildman–Crippen LogP) is 3.52. The summed E-state index contributed by atoms with van der Waals surface area (Å²) in [7, 11) is 1.73. The molecule has 1 aromatic heterocycles. The first-order chi connectivity index (χ1) is 15.7. The van der Waals surface area contributed by atoms with E-state index in [1.165, 1.54) is 24.8 Å². The molecule has 1 aromatic carbocycles. The maximum absolute atomic E-state index is 13.0. The minimum Gasteiger partial charge on any atom is -0.495 e. The highest BCUT2D eigenvalue weighted by molar-refractivity contribution is 5.79. The Bertz CT molecular complexity index is 846. The van der Waals surface area contributed by atoms with Gasteiger partial charge in [-0.3, -0.25) is 14.7 Å². The Morgan fingerprint density at radius 1 is 1.09 bits per heavy atom. The van der Waals surface area contributed by atoms with Crippen molar-refractivity contribution in [3.05, 3.63) is 54.4 Å². The smallest absolute Gasteiger partial charge is 0.223 e. The van der Waals surface area contributed by atoms with E-state index < -0.39 is 0 Å². The number of piperazine rings is 1. The van der Waals surface area contributed by atoms with E-state index in [0.29, 0.717) is 0 Å². The Kier molecular flexibility index (Phi) is 7.99. The molecule has 1 aliphatic carbocycles. The van der Waals surface area contributed by atoms with Crippen LogP contribution >= 0.6 is 0 Å². The van der Waals surface area contributed by atoms with E-state index in [1.807, 2.05) is 24.4 Å². The van der Waals surface area contributed by atoms with Gasteiger partial charge in [0.05, 0.1) is 12.8 Å². The molecule has 32 heavy (non-hydrogen) atoms. The van der Waals surface area contributed by atoms with Crippen molar-refractivity contribution in [2.24, 2.45) is 5.92 Å². The third-order valence-electron chi connectivity index (χ3n) is 6.80. The molecule has 0 bridgehead atoms. The van der Waals surface area contributed by atoms with Crippen LogP contribution in [0.25, 0.3) is 0 Å². The number of nitrogens with zero attached hydrogens (tertiary/aromatic N) is 3. The van der Waals surface area contributed by atoms with Gasteiger partial charge in [0.25, 0.3) is 0 Å². The molecule has 0 radical (unpaired) electrons. The lowest BCUT2D eigenvalue weighted by Gasteiger charge is -2.38. The molecule has 6 heteroatoms. The minimum absolute atomic E-state index is 0.103. The zero-order valence-electron chi connectivity index (χ0n) is 19.2.